The van der Waals surface area contributed by atoms with Gasteiger partial charge in [-0.25, -0.2) is 4.31 Å². The lowest BCUT2D eigenvalue weighted by Crippen LogP contribution is -2.46. The van der Waals surface area contributed by atoms with Gasteiger partial charge in [0.15, 0.2) is 0 Å². The molecule has 0 rings (SSSR count). The Labute approximate surface area is 74.7 Å². The fourth-order valence-corrected chi connectivity index (χ4v) is 0.787. The van der Waals surface area contributed by atoms with Crippen LogP contribution in [-0.4, -0.2) is 35.2 Å². The molecular formula is C4H6F6N2S. The van der Waals surface area contributed by atoms with E-state index in [0.29, 0.717) is 0 Å². The molecule has 0 unspecified atom stereocenters. The van der Waals surface area contributed by atoms with Gasteiger partial charge in [0.05, 0.1) is 0 Å². The quantitative estimate of drug-likeness (QED) is 0.317. The van der Waals surface area contributed by atoms with Crippen molar-refractivity contribution in [2.24, 2.45) is 0 Å². The van der Waals surface area contributed by atoms with Crippen LogP contribution >= 0.6 is 12.1 Å². The standard InChI is InChI=1S/C4H6F6N2S/c1-11(2)13-12(10)4(8,9)3(5,6)7/h1-2H3. The number of hydrogen-bond donors (Lipinski definition) is 0. The van der Waals surface area contributed by atoms with Crippen LogP contribution < -0.4 is 0 Å². The number of hydrogen-bond acceptors (Lipinski definition) is 3. The molecule has 0 radical (unpaired) electrons. The van der Waals surface area contributed by atoms with Crippen molar-refractivity contribution in [1.82, 2.24) is 8.83 Å². The van der Waals surface area contributed by atoms with Gasteiger partial charge in [-0.3, -0.25) is 0 Å². The molecule has 0 bridgehead atoms. The summed E-state index contributed by atoms with van der Waals surface area (Å²) >= 11 is -0.382. The van der Waals surface area contributed by atoms with Gasteiger partial charge in [-0.15, -0.1) is 4.48 Å². The van der Waals surface area contributed by atoms with Crippen LogP contribution in [0.4, 0.5) is 26.4 Å². The van der Waals surface area contributed by atoms with E-state index in [1.54, 1.807) is 0 Å². The molecule has 0 aliphatic carbocycles. The molecule has 0 fully saturated rings. The lowest BCUT2D eigenvalue weighted by Gasteiger charge is -2.25. The summed E-state index contributed by atoms with van der Waals surface area (Å²) in [4.78, 5) is 0. The van der Waals surface area contributed by atoms with Crippen LogP contribution in [-0.2, 0) is 0 Å². The van der Waals surface area contributed by atoms with E-state index in [9.17, 15) is 26.4 Å². The van der Waals surface area contributed by atoms with E-state index in [0.717, 1.165) is 18.4 Å². The summed E-state index contributed by atoms with van der Waals surface area (Å²) < 4.78 is 69.9. The van der Waals surface area contributed by atoms with Gasteiger partial charge < -0.3 is 0 Å². The average Bonchev–Trinajstić information content (AvgIpc) is 1.82. The number of alkyl halides is 5. The first kappa shape index (κ1) is 12.8. The molecule has 80 valence electrons. The Morgan fingerprint density at radius 2 is 1.38 bits per heavy atom. The first-order valence-electron chi connectivity index (χ1n) is 2.85. The fraction of sp³-hybridized carbons (Fsp3) is 1.00. The molecule has 0 aliphatic heterocycles. The third-order valence-corrected chi connectivity index (χ3v) is 1.50. The fourth-order valence-electron chi connectivity index (χ4n) is 0.294. The van der Waals surface area contributed by atoms with Crippen molar-refractivity contribution in [1.29, 1.82) is 0 Å². The Hall–Kier alpha value is -0.150. The molecule has 0 heterocycles. The second kappa shape index (κ2) is 3.93. The zero-order valence-electron chi connectivity index (χ0n) is 6.57. The molecule has 9 heteroatoms. The van der Waals surface area contributed by atoms with E-state index >= 15 is 0 Å². The summed E-state index contributed by atoms with van der Waals surface area (Å²) in [6, 6.07) is -5.48. The van der Waals surface area contributed by atoms with Crippen molar-refractivity contribution in [3.63, 3.8) is 0 Å². The molecule has 0 spiro atoms. The maximum absolute atomic E-state index is 12.2. The maximum atomic E-state index is 12.2. The Morgan fingerprint density at radius 1 is 1.00 bits per heavy atom. The molecule has 0 atom stereocenters. The predicted octanol–water partition coefficient (Wildman–Crippen LogP) is 2.45. The molecule has 0 amide bonds. The third-order valence-electron chi connectivity index (χ3n) is 0.797. The SMILES string of the molecule is CN(C)SN(F)C(F)(F)C(F)(F)F. The van der Waals surface area contributed by atoms with E-state index in [-0.39, 0.29) is 12.1 Å². The van der Waals surface area contributed by atoms with Crippen LogP contribution in [0.15, 0.2) is 0 Å². The summed E-state index contributed by atoms with van der Waals surface area (Å²) in [5.41, 5.74) is 0. The lowest BCUT2D eigenvalue weighted by atomic mass is 10.6. The van der Waals surface area contributed by atoms with Crippen LogP contribution in [0.25, 0.3) is 0 Å². The number of nitrogens with zero attached hydrogens (tertiary/aromatic N) is 2. The van der Waals surface area contributed by atoms with Gasteiger partial charge in [0, 0.05) is 16.7 Å². The molecule has 0 saturated heterocycles. The van der Waals surface area contributed by atoms with E-state index < -0.39 is 16.8 Å². The first-order valence-corrected chi connectivity index (χ1v) is 3.58. The molecule has 0 aliphatic rings. The van der Waals surface area contributed by atoms with Gasteiger partial charge >= 0.3 is 12.2 Å². The topological polar surface area (TPSA) is 6.48 Å². The summed E-state index contributed by atoms with van der Waals surface area (Å²) in [7, 11) is 2.26. The van der Waals surface area contributed by atoms with Gasteiger partial charge in [0.2, 0.25) is 0 Å². The van der Waals surface area contributed by atoms with Gasteiger partial charge in [0.25, 0.3) is 0 Å². The highest BCUT2D eigenvalue weighted by atomic mass is 32.2. The third kappa shape index (κ3) is 3.24. The first-order chi connectivity index (χ1) is 5.59. The van der Waals surface area contributed by atoms with Crippen LogP contribution in [0, 0.1) is 0 Å². The van der Waals surface area contributed by atoms with Crippen molar-refractivity contribution in [2.45, 2.75) is 12.2 Å². The van der Waals surface area contributed by atoms with Gasteiger partial charge in [-0.2, -0.15) is 22.0 Å². The highest BCUT2D eigenvalue weighted by molar-refractivity contribution is 7.94. The monoisotopic (exact) mass is 228 g/mol. The van der Waals surface area contributed by atoms with E-state index in [1.807, 2.05) is 0 Å². The minimum atomic E-state index is -5.93. The molecule has 0 aromatic heterocycles. The van der Waals surface area contributed by atoms with E-state index in [1.165, 1.54) is 0 Å². The molecule has 0 aromatic carbocycles. The predicted molar refractivity (Wildman–Crippen MR) is 35.2 cm³/mol. The van der Waals surface area contributed by atoms with Crippen LogP contribution in [0.2, 0.25) is 0 Å². The zero-order chi connectivity index (χ0) is 10.9. The van der Waals surface area contributed by atoms with Crippen molar-refractivity contribution in [3.8, 4) is 0 Å². The van der Waals surface area contributed by atoms with Crippen molar-refractivity contribution >= 4 is 12.1 Å². The van der Waals surface area contributed by atoms with Gasteiger partial charge in [-0.05, 0) is 14.1 Å². The maximum Gasteiger partial charge on any atom is 0.472 e. The lowest BCUT2D eigenvalue weighted by molar-refractivity contribution is -0.349. The van der Waals surface area contributed by atoms with E-state index in [4.69, 9.17) is 0 Å². The second-order valence-corrected chi connectivity index (χ2v) is 3.39. The zero-order valence-corrected chi connectivity index (χ0v) is 7.39. The van der Waals surface area contributed by atoms with Crippen molar-refractivity contribution in [2.75, 3.05) is 14.1 Å². The Bertz CT molecular complexity index is 169. The second-order valence-electron chi connectivity index (χ2n) is 2.18. The van der Waals surface area contributed by atoms with Crippen LogP contribution in [0.5, 0.6) is 0 Å². The molecule has 0 N–H and O–H groups in total. The number of rotatable bonds is 3. The summed E-state index contributed by atoms with van der Waals surface area (Å²) in [5, 5.41) is 0. The van der Waals surface area contributed by atoms with Crippen molar-refractivity contribution in [3.05, 3.63) is 0 Å². The van der Waals surface area contributed by atoms with Crippen molar-refractivity contribution < 1.29 is 26.4 Å². The summed E-state index contributed by atoms with van der Waals surface area (Å²) in [6.45, 7) is 0. The highest BCUT2D eigenvalue weighted by Gasteiger charge is 2.63. The van der Waals surface area contributed by atoms with E-state index in [2.05, 4.69) is 0 Å². The molecule has 2 nitrogen and oxygen atoms in total. The minimum Gasteiger partial charge on any atom is -0.241 e. The molecule has 0 aromatic rings. The molecule has 13 heavy (non-hydrogen) atoms. The van der Waals surface area contributed by atoms with Crippen LogP contribution in [0.3, 0.4) is 0 Å². The van der Waals surface area contributed by atoms with Gasteiger partial charge in [-0.1, -0.05) is 0 Å². The number of halogens is 6. The molecule has 0 saturated carbocycles. The minimum absolute atomic E-state index is 0.382. The Morgan fingerprint density at radius 3 is 1.62 bits per heavy atom. The molecular weight excluding hydrogens is 222 g/mol. The summed E-state index contributed by atoms with van der Waals surface area (Å²) in [5.74, 6) is 0. The summed E-state index contributed by atoms with van der Waals surface area (Å²) in [6.07, 6.45) is -5.93. The Balaban J connectivity index is 4.45. The normalized spacial score (nSPS) is 14.3. The highest BCUT2D eigenvalue weighted by Crippen LogP contribution is 2.42. The largest absolute Gasteiger partial charge is 0.472 e. The Kier molecular flexibility index (Phi) is 3.88. The van der Waals surface area contributed by atoms with Gasteiger partial charge in [0.1, 0.15) is 0 Å². The smallest absolute Gasteiger partial charge is 0.241 e. The average molecular weight is 228 g/mol. The van der Waals surface area contributed by atoms with Crippen LogP contribution in [0.1, 0.15) is 0 Å².